The number of hydrogen-bond donors (Lipinski definition) is 3. The molecule has 1 rings (SSSR count). The van der Waals surface area contributed by atoms with Crippen LogP contribution in [0.25, 0.3) is 0 Å². The summed E-state index contributed by atoms with van der Waals surface area (Å²) < 4.78 is 39.3. The molecule has 9 nitrogen and oxygen atoms in total. The second-order valence-corrected chi connectivity index (χ2v) is 7.76. The fourth-order valence-corrected chi connectivity index (χ4v) is 2.64. The van der Waals surface area contributed by atoms with Gasteiger partial charge in [0.05, 0.1) is 13.2 Å². The zero-order chi connectivity index (χ0) is 23.7. The van der Waals surface area contributed by atoms with Crippen molar-refractivity contribution in [1.29, 1.82) is 0 Å². The predicted molar refractivity (Wildman–Crippen MR) is 106 cm³/mol. The second kappa shape index (κ2) is 11.6. The van der Waals surface area contributed by atoms with Gasteiger partial charge in [-0.15, -0.1) is 0 Å². The number of carbonyl (C=O) groups is 3. The van der Waals surface area contributed by atoms with Gasteiger partial charge in [0.1, 0.15) is 11.6 Å². The Morgan fingerprint density at radius 2 is 1.74 bits per heavy atom. The molecule has 1 aromatic rings. The third kappa shape index (κ3) is 9.26. The van der Waals surface area contributed by atoms with E-state index >= 15 is 0 Å². The summed E-state index contributed by atoms with van der Waals surface area (Å²) in [6, 6.07) is 6.81. The zero-order valence-electron chi connectivity index (χ0n) is 17.8. The summed E-state index contributed by atoms with van der Waals surface area (Å²) in [6.45, 7) is 0.194. The lowest BCUT2D eigenvalue weighted by atomic mass is 9.91. The van der Waals surface area contributed by atoms with Gasteiger partial charge in [-0.3, -0.25) is 4.79 Å². The van der Waals surface area contributed by atoms with Crippen LogP contribution < -0.4 is 10.6 Å². The SMILES string of the molecule is COC[C@](Cc1ccccc1)(NC(=O)[C@H](COC(F)F)NC(=O)OC(C)(C)C)C(=O)O. The molecule has 0 saturated heterocycles. The first kappa shape index (κ1) is 26.2. The molecule has 0 radical (unpaired) electrons. The van der Waals surface area contributed by atoms with E-state index in [9.17, 15) is 28.3 Å². The molecule has 0 fully saturated rings. The lowest BCUT2D eigenvalue weighted by Gasteiger charge is -2.32. The average Bonchev–Trinajstić information content (AvgIpc) is 2.64. The van der Waals surface area contributed by atoms with Crippen LogP contribution in [0.4, 0.5) is 13.6 Å². The molecule has 174 valence electrons. The highest BCUT2D eigenvalue weighted by molar-refractivity contribution is 5.91. The first-order valence-electron chi connectivity index (χ1n) is 9.36. The molecule has 0 aromatic heterocycles. The van der Waals surface area contributed by atoms with Crippen molar-refractivity contribution in [3.8, 4) is 0 Å². The van der Waals surface area contributed by atoms with Crippen LogP contribution in [0.2, 0.25) is 0 Å². The monoisotopic (exact) mass is 446 g/mol. The van der Waals surface area contributed by atoms with Gasteiger partial charge >= 0.3 is 18.7 Å². The molecule has 0 aliphatic rings. The molecule has 0 bridgehead atoms. The number of hydrogen-bond acceptors (Lipinski definition) is 6. The topological polar surface area (TPSA) is 123 Å². The van der Waals surface area contributed by atoms with Crippen molar-refractivity contribution < 1.29 is 42.5 Å². The Hall–Kier alpha value is -2.79. The summed E-state index contributed by atoms with van der Waals surface area (Å²) in [6.07, 6.45) is -1.21. The standard InChI is InChI=1S/C20H28F2N2O7/c1-19(2,3)31-18(28)23-14(11-30-17(21)22)15(25)24-20(12-29-4,16(26)27)10-13-8-6-5-7-9-13/h5-9,14,17H,10-12H2,1-4H3,(H,23,28)(H,24,25)(H,26,27)/t14-,20-/m0/s1. The Kier molecular flexibility index (Phi) is 9.79. The lowest BCUT2D eigenvalue weighted by Crippen LogP contribution is -2.63. The fourth-order valence-electron chi connectivity index (χ4n) is 2.64. The van der Waals surface area contributed by atoms with Gasteiger partial charge in [0, 0.05) is 13.5 Å². The van der Waals surface area contributed by atoms with Crippen LogP contribution in [-0.4, -0.2) is 67.2 Å². The molecule has 0 spiro atoms. The molecule has 0 unspecified atom stereocenters. The van der Waals surface area contributed by atoms with Gasteiger partial charge < -0.3 is 30.0 Å². The normalized spacial score (nSPS) is 14.4. The van der Waals surface area contributed by atoms with Crippen LogP contribution in [-0.2, 0) is 30.2 Å². The number of amides is 2. The van der Waals surface area contributed by atoms with E-state index in [-0.39, 0.29) is 6.42 Å². The van der Waals surface area contributed by atoms with Crippen molar-refractivity contribution in [2.75, 3.05) is 20.3 Å². The summed E-state index contributed by atoms with van der Waals surface area (Å²) in [5.74, 6) is -2.46. The van der Waals surface area contributed by atoms with E-state index in [2.05, 4.69) is 15.4 Å². The van der Waals surface area contributed by atoms with Crippen LogP contribution in [0.1, 0.15) is 26.3 Å². The maximum Gasteiger partial charge on any atom is 0.408 e. The quantitative estimate of drug-likeness (QED) is 0.475. The Balaban J connectivity index is 3.11. The molecular formula is C20H28F2N2O7. The number of carboxylic acid groups (broad SMARTS) is 1. The lowest BCUT2D eigenvalue weighted by molar-refractivity contribution is -0.154. The van der Waals surface area contributed by atoms with E-state index in [0.29, 0.717) is 5.56 Å². The smallest absolute Gasteiger partial charge is 0.408 e. The molecule has 31 heavy (non-hydrogen) atoms. The summed E-state index contributed by atoms with van der Waals surface area (Å²) in [5, 5.41) is 14.3. The van der Waals surface area contributed by atoms with Crippen LogP contribution >= 0.6 is 0 Å². The molecule has 0 aliphatic heterocycles. The number of methoxy groups -OCH3 is 1. The summed E-state index contributed by atoms with van der Waals surface area (Å²) in [5.41, 5.74) is -2.25. The summed E-state index contributed by atoms with van der Waals surface area (Å²) >= 11 is 0. The number of ether oxygens (including phenoxy) is 3. The van der Waals surface area contributed by atoms with Crippen LogP contribution in [0, 0.1) is 0 Å². The number of rotatable bonds is 11. The molecule has 0 saturated carbocycles. The molecule has 0 heterocycles. The number of alkyl halides is 2. The minimum atomic E-state index is -3.21. The van der Waals surface area contributed by atoms with E-state index in [1.54, 1.807) is 51.1 Å². The molecule has 3 N–H and O–H groups in total. The highest BCUT2D eigenvalue weighted by atomic mass is 19.3. The largest absolute Gasteiger partial charge is 0.479 e. The van der Waals surface area contributed by atoms with Crippen LogP contribution in [0.5, 0.6) is 0 Å². The Morgan fingerprint density at radius 3 is 2.23 bits per heavy atom. The third-order valence-corrected chi connectivity index (χ3v) is 3.91. The molecule has 11 heteroatoms. The fraction of sp³-hybridized carbons (Fsp3) is 0.550. The number of halogens is 2. The Bertz CT molecular complexity index is 741. The number of aliphatic carboxylic acids is 1. The molecular weight excluding hydrogens is 418 g/mol. The number of carbonyl (C=O) groups excluding carboxylic acids is 2. The van der Waals surface area contributed by atoms with E-state index in [1.807, 2.05) is 0 Å². The number of alkyl carbamates (subject to hydrolysis) is 1. The van der Waals surface area contributed by atoms with Crippen molar-refractivity contribution in [2.24, 2.45) is 0 Å². The molecule has 1 aromatic carbocycles. The minimum Gasteiger partial charge on any atom is -0.479 e. The van der Waals surface area contributed by atoms with Crippen LogP contribution in [0.3, 0.4) is 0 Å². The van der Waals surface area contributed by atoms with Crippen molar-refractivity contribution in [2.45, 2.75) is 51.0 Å². The van der Waals surface area contributed by atoms with E-state index in [1.165, 1.54) is 7.11 Å². The zero-order valence-corrected chi connectivity index (χ0v) is 17.8. The van der Waals surface area contributed by atoms with Gasteiger partial charge in [0.25, 0.3) is 0 Å². The van der Waals surface area contributed by atoms with Crippen LogP contribution in [0.15, 0.2) is 30.3 Å². The van der Waals surface area contributed by atoms with Gasteiger partial charge in [-0.25, -0.2) is 9.59 Å². The van der Waals surface area contributed by atoms with E-state index in [4.69, 9.17) is 9.47 Å². The first-order valence-corrected chi connectivity index (χ1v) is 9.36. The highest BCUT2D eigenvalue weighted by Gasteiger charge is 2.42. The average molecular weight is 446 g/mol. The highest BCUT2D eigenvalue weighted by Crippen LogP contribution is 2.16. The third-order valence-electron chi connectivity index (χ3n) is 3.91. The van der Waals surface area contributed by atoms with E-state index in [0.717, 1.165) is 0 Å². The molecule has 2 atom stereocenters. The predicted octanol–water partition coefficient (Wildman–Crippen LogP) is 1.95. The van der Waals surface area contributed by atoms with Crippen molar-refractivity contribution in [1.82, 2.24) is 10.6 Å². The van der Waals surface area contributed by atoms with E-state index < -0.39 is 55.0 Å². The Labute approximate surface area is 179 Å². The molecule has 2 amide bonds. The van der Waals surface area contributed by atoms with Gasteiger partial charge in [-0.2, -0.15) is 8.78 Å². The maximum atomic E-state index is 12.8. The number of carboxylic acids is 1. The Morgan fingerprint density at radius 1 is 1.13 bits per heavy atom. The molecule has 0 aliphatic carbocycles. The van der Waals surface area contributed by atoms with Gasteiger partial charge in [0.2, 0.25) is 5.91 Å². The van der Waals surface area contributed by atoms with Crippen molar-refractivity contribution >= 4 is 18.0 Å². The van der Waals surface area contributed by atoms with Crippen molar-refractivity contribution in [3.63, 3.8) is 0 Å². The maximum absolute atomic E-state index is 12.8. The first-order chi connectivity index (χ1) is 14.4. The van der Waals surface area contributed by atoms with Gasteiger partial charge in [0.15, 0.2) is 5.54 Å². The van der Waals surface area contributed by atoms with Gasteiger partial charge in [-0.05, 0) is 26.3 Å². The van der Waals surface area contributed by atoms with Crippen molar-refractivity contribution in [3.05, 3.63) is 35.9 Å². The number of nitrogens with one attached hydrogen (secondary N) is 2. The second-order valence-electron chi connectivity index (χ2n) is 7.76. The minimum absolute atomic E-state index is 0.155. The summed E-state index contributed by atoms with van der Waals surface area (Å²) in [4.78, 5) is 36.9. The summed E-state index contributed by atoms with van der Waals surface area (Å²) in [7, 11) is 1.26. The number of benzene rings is 1. The van der Waals surface area contributed by atoms with Gasteiger partial charge in [-0.1, -0.05) is 30.3 Å².